The van der Waals surface area contributed by atoms with Gasteiger partial charge in [-0.2, -0.15) is 4.98 Å². The molecule has 38 heavy (non-hydrogen) atoms. The number of halogens is 1. The second kappa shape index (κ2) is 13.8. The summed E-state index contributed by atoms with van der Waals surface area (Å²) in [5, 5.41) is 10.3. The lowest BCUT2D eigenvalue weighted by molar-refractivity contribution is 0.201. The van der Waals surface area contributed by atoms with Gasteiger partial charge in [-0.15, -0.1) is 0 Å². The Balaban J connectivity index is 1.48. The van der Waals surface area contributed by atoms with Crippen molar-refractivity contribution in [1.29, 1.82) is 0 Å². The first-order valence-corrected chi connectivity index (χ1v) is 14.3. The molecular weight excluding hydrogens is 544 g/mol. The number of nitrogens with zero attached hydrogens (tertiary/aromatic N) is 3. The molecule has 1 atom stereocenters. The van der Waals surface area contributed by atoms with Crippen molar-refractivity contribution in [3.63, 3.8) is 0 Å². The van der Waals surface area contributed by atoms with Crippen molar-refractivity contribution in [3.05, 3.63) is 58.7 Å². The van der Waals surface area contributed by atoms with Gasteiger partial charge < -0.3 is 25.4 Å². The minimum Gasteiger partial charge on any atom is -0.492 e. The van der Waals surface area contributed by atoms with Gasteiger partial charge in [0.1, 0.15) is 23.4 Å². The first-order valence-electron chi connectivity index (χ1n) is 13.5. The number of aromatic nitrogens is 2. The average molecular weight is 584 g/mol. The molecule has 0 amide bonds. The molecule has 0 bridgehead atoms. The van der Waals surface area contributed by atoms with Crippen LogP contribution in [0.4, 0.5) is 23.1 Å². The molecule has 0 radical (unpaired) electrons. The molecule has 1 aliphatic heterocycles. The first kappa shape index (κ1) is 28.1. The van der Waals surface area contributed by atoms with Crippen molar-refractivity contribution >= 4 is 39.1 Å². The molecule has 1 aliphatic rings. The Morgan fingerprint density at radius 2 is 1.95 bits per heavy atom. The van der Waals surface area contributed by atoms with Crippen LogP contribution < -0.4 is 25.4 Å². The van der Waals surface area contributed by atoms with E-state index in [1.165, 1.54) is 5.56 Å². The molecule has 1 aromatic heterocycles. The highest BCUT2D eigenvalue weighted by Crippen LogP contribution is 2.33. The van der Waals surface area contributed by atoms with E-state index in [1.54, 1.807) is 6.20 Å². The van der Waals surface area contributed by atoms with E-state index in [2.05, 4.69) is 80.7 Å². The SMILES string of the molecule is CCOc1cc(OC2CCN(CC)C2)ccc1Nc1ncc(Br)c(Nc2ccccc2CNCC(C)C)n1. The van der Waals surface area contributed by atoms with Crippen molar-refractivity contribution < 1.29 is 9.47 Å². The Morgan fingerprint density at radius 1 is 1.11 bits per heavy atom. The standard InChI is InChI=1S/C29H39BrN6O2/c1-5-36-14-13-23(19-36)38-22-11-12-26(27(15-22)37-6-2)34-29-32-18-24(30)28(35-29)33-25-10-8-7-9-21(25)17-31-16-20(3)4/h7-12,15,18,20,23,31H,5-6,13-14,16-17,19H2,1-4H3,(H2,32,33,34,35). The van der Waals surface area contributed by atoms with Gasteiger partial charge in [-0.1, -0.05) is 39.0 Å². The number of hydrogen-bond donors (Lipinski definition) is 3. The fourth-order valence-corrected chi connectivity index (χ4v) is 4.67. The van der Waals surface area contributed by atoms with E-state index in [0.717, 1.165) is 60.7 Å². The minimum absolute atomic E-state index is 0.204. The maximum Gasteiger partial charge on any atom is 0.229 e. The van der Waals surface area contributed by atoms with Gasteiger partial charge >= 0.3 is 0 Å². The van der Waals surface area contributed by atoms with Gasteiger partial charge in [0.25, 0.3) is 0 Å². The zero-order valence-corrected chi connectivity index (χ0v) is 24.3. The predicted octanol–water partition coefficient (Wildman–Crippen LogP) is 6.34. The lowest BCUT2D eigenvalue weighted by Crippen LogP contribution is -2.24. The molecule has 3 aromatic rings. The molecular formula is C29H39BrN6O2. The molecule has 1 fully saturated rings. The van der Waals surface area contributed by atoms with E-state index >= 15 is 0 Å². The Labute approximate surface area is 234 Å². The van der Waals surface area contributed by atoms with Crippen molar-refractivity contribution in [2.24, 2.45) is 5.92 Å². The van der Waals surface area contributed by atoms with Gasteiger partial charge in [0.2, 0.25) is 5.95 Å². The molecule has 0 spiro atoms. The lowest BCUT2D eigenvalue weighted by Gasteiger charge is -2.18. The van der Waals surface area contributed by atoms with Gasteiger partial charge in [-0.3, -0.25) is 4.90 Å². The predicted molar refractivity (Wildman–Crippen MR) is 158 cm³/mol. The van der Waals surface area contributed by atoms with Crippen LogP contribution in [0.15, 0.2) is 53.1 Å². The first-order chi connectivity index (χ1) is 18.4. The van der Waals surface area contributed by atoms with Gasteiger partial charge in [0.15, 0.2) is 0 Å². The highest BCUT2D eigenvalue weighted by atomic mass is 79.9. The van der Waals surface area contributed by atoms with Crippen molar-refractivity contribution in [3.8, 4) is 11.5 Å². The van der Waals surface area contributed by atoms with E-state index < -0.39 is 0 Å². The van der Waals surface area contributed by atoms with Crippen LogP contribution in [0.2, 0.25) is 0 Å². The second-order valence-electron chi connectivity index (χ2n) is 9.83. The fourth-order valence-electron chi connectivity index (χ4n) is 4.38. The quantitative estimate of drug-likeness (QED) is 0.215. The second-order valence-corrected chi connectivity index (χ2v) is 10.7. The Bertz CT molecular complexity index is 1190. The van der Waals surface area contributed by atoms with Gasteiger partial charge in [0, 0.05) is 37.6 Å². The number of nitrogens with one attached hydrogen (secondary N) is 3. The molecule has 3 N–H and O–H groups in total. The summed E-state index contributed by atoms with van der Waals surface area (Å²) in [6.45, 7) is 13.9. The topological polar surface area (TPSA) is 83.6 Å². The minimum atomic E-state index is 0.204. The summed E-state index contributed by atoms with van der Waals surface area (Å²) in [6.07, 6.45) is 2.99. The number of hydrogen-bond acceptors (Lipinski definition) is 8. The zero-order valence-electron chi connectivity index (χ0n) is 22.8. The number of para-hydroxylation sites is 1. The molecule has 4 rings (SSSR count). The molecule has 0 saturated carbocycles. The highest BCUT2D eigenvalue weighted by Gasteiger charge is 2.23. The fraction of sp³-hybridized carbons (Fsp3) is 0.448. The number of anilines is 4. The summed E-state index contributed by atoms with van der Waals surface area (Å²) in [7, 11) is 0. The van der Waals surface area contributed by atoms with Crippen LogP contribution in [0.3, 0.4) is 0 Å². The molecule has 1 unspecified atom stereocenters. The number of likely N-dealkylation sites (N-methyl/N-ethyl adjacent to an activating group) is 1. The summed E-state index contributed by atoms with van der Waals surface area (Å²) in [4.78, 5) is 11.6. The van der Waals surface area contributed by atoms with Gasteiger partial charge in [0.05, 0.1) is 16.8 Å². The van der Waals surface area contributed by atoms with Crippen LogP contribution in [0.5, 0.6) is 11.5 Å². The summed E-state index contributed by atoms with van der Waals surface area (Å²) in [5.74, 6) is 3.26. The van der Waals surface area contributed by atoms with E-state index in [9.17, 15) is 0 Å². The van der Waals surface area contributed by atoms with E-state index in [1.807, 2.05) is 31.2 Å². The van der Waals surface area contributed by atoms with Gasteiger partial charge in [-0.25, -0.2) is 4.98 Å². The molecule has 0 aliphatic carbocycles. The van der Waals surface area contributed by atoms with Crippen LogP contribution in [0, 0.1) is 5.92 Å². The molecule has 1 saturated heterocycles. The summed E-state index contributed by atoms with van der Waals surface area (Å²) >= 11 is 3.59. The van der Waals surface area contributed by atoms with Gasteiger partial charge in [-0.05, 0) is 72.0 Å². The Morgan fingerprint density at radius 3 is 2.71 bits per heavy atom. The molecule has 204 valence electrons. The summed E-state index contributed by atoms with van der Waals surface area (Å²) < 4.78 is 13.0. The number of rotatable bonds is 13. The maximum absolute atomic E-state index is 6.25. The largest absolute Gasteiger partial charge is 0.492 e. The van der Waals surface area contributed by atoms with E-state index in [0.29, 0.717) is 30.0 Å². The smallest absolute Gasteiger partial charge is 0.229 e. The van der Waals surface area contributed by atoms with Crippen LogP contribution in [-0.2, 0) is 6.54 Å². The summed E-state index contributed by atoms with van der Waals surface area (Å²) in [5.41, 5.74) is 2.96. The zero-order chi connectivity index (χ0) is 26.9. The normalized spacial score (nSPS) is 15.6. The van der Waals surface area contributed by atoms with Crippen LogP contribution in [0.25, 0.3) is 0 Å². The Kier molecular flexibility index (Phi) is 10.2. The number of likely N-dealkylation sites (tertiary alicyclic amines) is 1. The Hall–Kier alpha value is -2.88. The van der Waals surface area contributed by atoms with Crippen molar-refractivity contribution in [2.75, 3.05) is 43.4 Å². The maximum atomic E-state index is 6.25. The van der Waals surface area contributed by atoms with Crippen molar-refractivity contribution in [1.82, 2.24) is 20.2 Å². The number of ether oxygens (including phenoxy) is 2. The average Bonchev–Trinajstić information content (AvgIpc) is 3.36. The molecule has 2 aromatic carbocycles. The van der Waals surface area contributed by atoms with E-state index in [-0.39, 0.29) is 6.10 Å². The summed E-state index contributed by atoms with van der Waals surface area (Å²) in [6, 6.07) is 14.1. The third kappa shape index (κ3) is 7.82. The molecule has 9 heteroatoms. The van der Waals surface area contributed by atoms with Crippen LogP contribution >= 0.6 is 15.9 Å². The molecule has 8 nitrogen and oxygen atoms in total. The monoisotopic (exact) mass is 582 g/mol. The van der Waals surface area contributed by atoms with Crippen LogP contribution in [-0.4, -0.2) is 53.8 Å². The third-order valence-corrected chi connectivity index (χ3v) is 6.94. The van der Waals surface area contributed by atoms with Crippen molar-refractivity contribution in [2.45, 2.75) is 46.8 Å². The molecule has 2 heterocycles. The lowest BCUT2D eigenvalue weighted by atomic mass is 10.1. The van der Waals surface area contributed by atoms with E-state index in [4.69, 9.17) is 14.5 Å². The highest BCUT2D eigenvalue weighted by molar-refractivity contribution is 9.10. The number of benzene rings is 2. The van der Waals surface area contributed by atoms with Crippen LogP contribution in [0.1, 0.15) is 39.7 Å². The third-order valence-electron chi connectivity index (χ3n) is 6.36.